The number of esters is 1. The van der Waals surface area contributed by atoms with Crippen molar-refractivity contribution in [3.8, 4) is 46.0 Å². The highest BCUT2D eigenvalue weighted by molar-refractivity contribution is 6.07. The van der Waals surface area contributed by atoms with Gasteiger partial charge >= 0.3 is 5.97 Å². The van der Waals surface area contributed by atoms with Gasteiger partial charge in [0.1, 0.15) is 22.8 Å². The van der Waals surface area contributed by atoms with Gasteiger partial charge in [-0.15, -0.1) is 0 Å². The molecular weight excluding hydrogens is 440 g/mol. The van der Waals surface area contributed by atoms with E-state index in [1.54, 1.807) is 0 Å². The Kier molecular flexibility index (Phi) is 5.01. The standard InChI is InChI=1S/C22H16O11/c23-10-6-13(26)17-16(7-10)32-20(8-1-2-11(24)12(25)3-8)21(19(17)30)33-22(31)9-4-14(27)18(29)15(28)5-9/h1-7,20-21,23-29H/t20-,21-/m1/s1. The fourth-order valence-corrected chi connectivity index (χ4v) is 3.39. The van der Waals surface area contributed by atoms with Crippen molar-refractivity contribution in [1.29, 1.82) is 0 Å². The number of ether oxygens (including phenoxy) is 2. The number of aromatic hydroxyl groups is 7. The van der Waals surface area contributed by atoms with Gasteiger partial charge in [0.15, 0.2) is 34.9 Å². The van der Waals surface area contributed by atoms with E-state index in [2.05, 4.69) is 0 Å². The fraction of sp³-hybridized carbons (Fsp3) is 0.0909. The predicted octanol–water partition coefficient (Wildman–Crippen LogP) is 2.17. The zero-order valence-corrected chi connectivity index (χ0v) is 16.5. The van der Waals surface area contributed by atoms with Crippen LogP contribution in [0.15, 0.2) is 42.5 Å². The second kappa shape index (κ2) is 7.71. The van der Waals surface area contributed by atoms with Gasteiger partial charge in [0.25, 0.3) is 0 Å². The number of phenolic OH excluding ortho intramolecular Hbond substituents is 7. The normalized spacial score (nSPS) is 17.2. The molecule has 0 amide bonds. The summed E-state index contributed by atoms with van der Waals surface area (Å²) in [6.07, 6.45) is -3.12. The smallest absolute Gasteiger partial charge is 0.339 e. The number of rotatable bonds is 3. The lowest BCUT2D eigenvalue weighted by Crippen LogP contribution is -2.40. The molecule has 1 aliphatic heterocycles. The van der Waals surface area contributed by atoms with Crippen molar-refractivity contribution in [3.05, 3.63) is 59.2 Å². The SMILES string of the molecule is O=C(O[C@@H]1C(=O)c2c(O)cc(O)cc2O[C@@H]1c1ccc(O)c(O)c1)c1cc(O)c(O)c(O)c1. The number of carbonyl (C=O) groups excluding carboxylic acids is 2. The lowest BCUT2D eigenvalue weighted by atomic mass is 9.92. The molecule has 0 saturated heterocycles. The van der Waals surface area contributed by atoms with Crippen LogP contribution < -0.4 is 4.74 Å². The number of Topliss-reactive ketones (excluding diaryl/α,β-unsaturated/α-hetero) is 1. The van der Waals surface area contributed by atoms with E-state index in [-0.39, 0.29) is 16.9 Å². The molecule has 11 nitrogen and oxygen atoms in total. The molecule has 0 saturated carbocycles. The first-order chi connectivity index (χ1) is 15.6. The molecule has 0 aliphatic carbocycles. The van der Waals surface area contributed by atoms with Crippen molar-refractivity contribution in [2.75, 3.05) is 0 Å². The Labute approximate surface area is 184 Å². The number of benzene rings is 3. The average Bonchev–Trinajstić information content (AvgIpc) is 2.74. The monoisotopic (exact) mass is 456 g/mol. The second-order valence-corrected chi connectivity index (χ2v) is 7.18. The molecule has 2 atom stereocenters. The Hall–Kier alpha value is -4.80. The summed E-state index contributed by atoms with van der Waals surface area (Å²) < 4.78 is 11.0. The van der Waals surface area contributed by atoms with Crippen LogP contribution in [-0.2, 0) is 4.74 Å². The molecule has 1 heterocycles. The van der Waals surface area contributed by atoms with Gasteiger partial charge in [-0.3, -0.25) is 4.79 Å². The van der Waals surface area contributed by atoms with Gasteiger partial charge < -0.3 is 45.2 Å². The van der Waals surface area contributed by atoms with Gasteiger partial charge in [0.2, 0.25) is 11.9 Å². The number of carbonyl (C=O) groups is 2. The first kappa shape index (κ1) is 21.4. The van der Waals surface area contributed by atoms with Crippen molar-refractivity contribution in [2.24, 2.45) is 0 Å². The number of ketones is 1. The molecular formula is C22H16O11. The Bertz CT molecular complexity index is 1270. The maximum Gasteiger partial charge on any atom is 0.339 e. The number of phenols is 7. The molecule has 0 radical (unpaired) electrons. The molecule has 0 unspecified atom stereocenters. The van der Waals surface area contributed by atoms with Crippen LogP contribution in [0.5, 0.6) is 46.0 Å². The van der Waals surface area contributed by atoms with Crippen LogP contribution in [0, 0.1) is 0 Å². The summed E-state index contributed by atoms with van der Waals surface area (Å²) >= 11 is 0. The van der Waals surface area contributed by atoms with Crippen LogP contribution in [-0.4, -0.2) is 53.6 Å². The van der Waals surface area contributed by atoms with Gasteiger partial charge in [-0.05, 0) is 24.3 Å². The molecule has 0 fully saturated rings. The fourth-order valence-electron chi connectivity index (χ4n) is 3.39. The highest BCUT2D eigenvalue weighted by Gasteiger charge is 2.43. The molecule has 0 bridgehead atoms. The molecule has 33 heavy (non-hydrogen) atoms. The van der Waals surface area contributed by atoms with E-state index < -0.39 is 69.8 Å². The molecule has 3 aromatic rings. The van der Waals surface area contributed by atoms with Crippen molar-refractivity contribution in [1.82, 2.24) is 0 Å². The molecule has 0 spiro atoms. The minimum absolute atomic E-state index is 0.0985. The zero-order valence-electron chi connectivity index (χ0n) is 16.5. The van der Waals surface area contributed by atoms with E-state index >= 15 is 0 Å². The molecule has 7 N–H and O–H groups in total. The largest absolute Gasteiger partial charge is 0.508 e. The Balaban J connectivity index is 1.78. The maximum absolute atomic E-state index is 13.2. The van der Waals surface area contributed by atoms with Crippen LogP contribution >= 0.6 is 0 Å². The van der Waals surface area contributed by atoms with Crippen molar-refractivity contribution >= 4 is 11.8 Å². The Morgan fingerprint density at radius 2 is 1.45 bits per heavy atom. The van der Waals surface area contributed by atoms with Crippen molar-refractivity contribution in [3.63, 3.8) is 0 Å². The molecule has 1 aliphatic rings. The Morgan fingerprint density at radius 3 is 2.09 bits per heavy atom. The van der Waals surface area contributed by atoms with Crippen molar-refractivity contribution < 1.29 is 54.8 Å². The molecule has 0 aromatic heterocycles. The molecule has 3 aromatic carbocycles. The summed E-state index contributed by atoms with van der Waals surface area (Å²) in [7, 11) is 0. The summed E-state index contributed by atoms with van der Waals surface area (Å²) in [6.45, 7) is 0. The molecule has 170 valence electrons. The third-order valence-corrected chi connectivity index (χ3v) is 4.97. The first-order valence-electron chi connectivity index (χ1n) is 9.31. The summed E-state index contributed by atoms with van der Waals surface area (Å²) in [6, 6.07) is 7.03. The minimum Gasteiger partial charge on any atom is -0.508 e. The van der Waals surface area contributed by atoms with Crippen LogP contribution in [0.3, 0.4) is 0 Å². The quantitative estimate of drug-likeness (QED) is 0.225. The van der Waals surface area contributed by atoms with Crippen LogP contribution in [0.2, 0.25) is 0 Å². The average molecular weight is 456 g/mol. The van der Waals surface area contributed by atoms with E-state index in [0.717, 1.165) is 36.4 Å². The molecule has 4 rings (SSSR count). The zero-order chi connectivity index (χ0) is 24.0. The predicted molar refractivity (Wildman–Crippen MR) is 108 cm³/mol. The Morgan fingerprint density at radius 1 is 0.788 bits per heavy atom. The van der Waals surface area contributed by atoms with Gasteiger partial charge in [-0.1, -0.05) is 6.07 Å². The topological polar surface area (TPSA) is 194 Å². The van der Waals surface area contributed by atoms with Crippen LogP contribution in [0.1, 0.15) is 32.4 Å². The van der Waals surface area contributed by atoms with E-state index in [1.165, 1.54) is 6.07 Å². The third kappa shape index (κ3) is 3.71. The number of hydrogen-bond donors (Lipinski definition) is 7. The molecule has 11 heteroatoms. The summed E-state index contributed by atoms with van der Waals surface area (Å²) in [5, 5.41) is 68.1. The first-order valence-corrected chi connectivity index (χ1v) is 9.31. The van der Waals surface area contributed by atoms with E-state index in [0.29, 0.717) is 0 Å². The van der Waals surface area contributed by atoms with Gasteiger partial charge in [0.05, 0.1) is 5.56 Å². The van der Waals surface area contributed by atoms with E-state index in [4.69, 9.17) is 9.47 Å². The van der Waals surface area contributed by atoms with Crippen LogP contribution in [0.25, 0.3) is 0 Å². The second-order valence-electron chi connectivity index (χ2n) is 7.18. The van der Waals surface area contributed by atoms with Gasteiger partial charge in [-0.2, -0.15) is 0 Å². The van der Waals surface area contributed by atoms with Crippen molar-refractivity contribution in [2.45, 2.75) is 12.2 Å². The minimum atomic E-state index is -1.73. The van der Waals surface area contributed by atoms with Crippen LogP contribution in [0.4, 0.5) is 0 Å². The van der Waals surface area contributed by atoms with Gasteiger partial charge in [-0.25, -0.2) is 4.79 Å². The van der Waals surface area contributed by atoms with E-state index in [9.17, 15) is 45.3 Å². The maximum atomic E-state index is 13.2. The van der Waals surface area contributed by atoms with E-state index in [1.807, 2.05) is 0 Å². The summed E-state index contributed by atoms with van der Waals surface area (Å²) in [5.74, 6) is -6.86. The highest BCUT2D eigenvalue weighted by Crippen LogP contribution is 2.44. The number of hydrogen-bond acceptors (Lipinski definition) is 11. The number of fused-ring (bicyclic) bond motifs is 1. The van der Waals surface area contributed by atoms with Gasteiger partial charge in [0, 0.05) is 17.7 Å². The highest BCUT2D eigenvalue weighted by atomic mass is 16.6. The third-order valence-electron chi connectivity index (χ3n) is 4.97. The summed E-state index contributed by atoms with van der Waals surface area (Å²) in [4.78, 5) is 25.9. The lowest BCUT2D eigenvalue weighted by Gasteiger charge is -2.32. The lowest BCUT2D eigenvalue weighted by molar-refractivity contribution is -0.0102. The summed E-state index contributed by atoms with van der Waals surface area (Å²) in [5.41, 5.74) is -0.689.